The molecule has 7 heteroatoms. The van der Waals surface area contributed by atoms with Crippen molar-refractivity contribution in [1.29, 1.82) is 0 Å². The van der Waals surface area contributed by atoms with E-state index in [-0.39, 0.29) is 12.6 Å². The smallest absolute Gasteiger partial charge is 0.317 e. The van der Waals surface area contributed by atoms with Crippen LogP contribution in [0.2, 0.25) is 0 Å². The maximum Gasteiger partial charge on any atom is 0.317 e. The summed E-state index contributed by atoms with van der Waals surface area (Å²) in [5.74, 6) is 0.125. The molecule has 2 aromatic rings. The first kappa shape index (κ1) is 14.7. The lowest BCUT2D eigenvalue weighted by Gasteiger charge is -2.24. The van der Waals surface area contributed by atoms with Crippen molar-refractivity contribution in [2.75, 3.05) is 6.54 Å². The third-order valence-electron chi connectivity index (χ3n) is 3.13. The van der Waals surface area contributed by atoms with Gasteiger partial charge in [-0.15, -0.1) is 0 Å². The Kier molecular flexibility index (Phi) is 4.86. The van der Waals surface area contributed by atoms with E-state index >= 15 is 0 Å². The van der Waals surface area contributed by atoms with Gasteiger partial charge in [0.1, 0.15) is 0 Å². The van der Waals surface area contributed by atoms with Gasteiger partial charge >= 0.3 is 5.97 Å². The maximum absolute atomic E-state index is 10.9. The second-order valence-electron chi connectivity index (χ2n) is 4.58. The Morgan fingerprint density at radius 3 is 3.00 bits per heavy atom. The Morgan fingerprint density at radius 1 is 1.60 bits per heavy atom. The van der Waals surface area contributed by atoms with Gasteiger partial charge in [-0.1, -0.05) is 12.1 Å². The largest absolute Gasteiger partial charge is 0.480 e. The average molecular weight is 295 g/mol. The molecule has 0 aliphatic heterocycles. The molecule has 0 saturated heterocycles. The summed E-state index contributed by atoms with van der Waals surface area (Å²) in [6.45, 7) is 4.35. The van der Waals surface area contributed by atoms with Crippen LogP contribution >= 0.6 is 11.3 Å². The molecule has 0 aliphatic rings. The van der Waals surface area contributed by atoms with Crippen LogP contribution in [0.3, 0.4) is 0 Å². The van der Waals surface area contributed by atoms with Gasteiger partial charge in [-0.2, -0.15) is 16.3 Å². The van der Waals surface area contributed by atoms with Crippen LogP contribution in [0.25, 0.3) is 11.5 Å². The molecule has 0 spiro atoms. The number of thiophene rings is 1. The first-order chi connectivity index (χ1) is 9.60. The fourth-order valence-electron chi connectivity index (χ4n) is 1.80. The van der Waals surface area contributed by atoms with Crippen molar-refractivity contribution in [1.82, 2.24) is 15.0 Å². The molecule has 0 bridgehead atoms. The molecule has 1 atom stereocenters. The number of hydrogen-bond acceptors (Lipinski definition) is 6. The van der Waals surface area contributed by atoms with E-state index in [9.17, 15) is 4.79 Å². The molecular weight excluding hydrogens is 278 g/mol. The Balaban J connectivity index is 2.08. The van der Waals surface area contributed by atoms with Gasteiger partial charge in [-0.3, -0.25) is 9.69 Å². The Hall–Kier alpha value is -1.73. The van der Waals surface area contributed by atoms with Crippen molar-refractivity contribution in [3.63, 3.8) is 0 Å². The van der Waals surface area contributed by atoms with E-state index in [1.807, 2.05) is 35.6 Å². The number of rotatable bonds is 7. The molecule has 2 heterocycles. The molecule has 2 rings (SSSR count). The van der Waals surface area contributed by atoms with E-state index in [1.165, 1.54) is 0 Å². The second-order valence-corrected chi connectivity index (χ2v) is 5.36. The van der Waals surface area contributed by atoms with Crippen molar-refractivity contribution < 1.29 is 14.4 Å². The van der Waals surface area contributed by atoms with E-state index in [0.29, 0.717) is 18.3 Å². The van der Waals surface area contributed by atoms with Gasteiger partial charge in [0.05, 0.1) is 18.7 Å². The van der Waals surface area contributed by atoms with E-state index in [4.69, 9.17) is 9.63 Å². The maximum atomic E-state index is 10.9. The standard InChI is InChI=1S/C13H17N3O3S/c1-3-9(2)16(7-12(17)18)6-11-14-13(19-15-11)10-4-5-20-8-10/h4-5,8-9H,3,6-7H2,1-2H3,(H,17,18). The molecule has 0 aromatic carbocycles. The van der Waals surface area contributed by atoms with Crippen molar-refractivity contribution in [2.45, 2.75) is 32.9 Å². The minimum absolute atomic E-state index is 0.0304. The normalized spacial score (nSPS) is 12.8. The number of carbonyl (C=O) groups is 1. The number of nitrogens with zero attached hydrogens (tertiary/aromatic N) is 3. The van der Waals surface area contributed by atoms with Gasteiger partial charge in [0, 0.05) is 11.4 Å². The summed E-state index contributed by atoms with van der Waals surface area (Å²) in [6.07, 6.45) is 0.864. The molecule has 0 amide bonds. The van der Waals surface area contributed by atoms with Crippen LogP contribution in [-0.2, 0) is 11.3 Å². The van der Waals surface area contributed by atoms with Gasteiger partial charge in [-0.05, 0) is 24.8 Å². The lowest BCUT2D eigenvalue weighted by atomic mass is 10.2. The van der Waals surface area contributed by atoms with E-state index in [2.05, 4.69) is 10.1 Å². The first-order valence-electron chi connectivity index (χ1n) is 6.41. The van der Waals surface area contributed by atoms with Crippen molar-refractivity contribution in [3.05, 3.63) is 22.7 Å². The predicted molar refractivity (Wildman–Crippen MR) is 75.4 cm³/mol. The molecule has 2 aromatic heterocycles. The zero-order chi connectivity index (χ0) is 14.5. The van der Waals surface area contributed by atoms with Crippen LogP contribution in [0.1, 0.15) is 26.1 Å². The highest BCUT2D eigenvalue weighted by molar-refractivity contribution is 7.08. The monoisotopic (exact) mass is 295 g/mol. The summed E-state index contributed by atoms with van der Waals surface area (Å²) in [6, 6.07) is 2.06. The molecule has 0 saturated carbocycles. The molecular formula is C13H17N3O3S. The molecule has 6 nitrogen and oxygen atoms in total. The highest BCUT2D eigenvalue weighted by Gasteiger charge is 2.19. The van der Waals surface area contributed by atoms with Crippen LogP contribution in [0.5, 0.6) is 0 Å². The molecule has 20 heavy (non-hydrogen) atoms. The summed E-state index contributed by atoms with van der Waals surface area (Å²) in [7, 11) is 0. The Labute approximate surface area is 121 Å². The number of carboxylic acids is 1. The minimum atomic E-state index is -0.855. The van der Waals surface area contributed by atoms with E-state index < -0.39 is 5.97 Å². The van der Waals surface area contributed by atoms with E-state index in [1.54, 1.807) is 11.3 Å². The topological polar surface area (TPSA) is 79.5 Å². The van der Waals surface area contributed by atoms with Gasteiger partial charge in [-0.25, -0.2) is 0 Å². The van der Waals surface area contributed by atoms with Gasteiger partial charge in [0.2, 0.25) is 0 Å². The lowest BCUT2D eigenvalue weighted by Crippen LogP contribution is -2.36. The van der Waals surface area contributed by atoms with Gasteiger partial charge in [0.15, 0.2) is 5.82 Å². The average Bonchev–Trinajstić information content (AvgIpc) is 3.06. The summed E-state index contributed by atoms with van der Waals surface area (Å²) < 4.78 is 5.20. The minimum Gasteiger partial charge on any atom is -0.480 e. The second kappa shape index (κ2) is 6.62. The number of aliphatic carboxylic acids is 1. The molecule has 0 aliphatic carbocycles. The first-order valence-corrected chi connectivity index (χ1v) is 7.35. The number of hydrogen-bond donors (Lipinski definition) is 1. The molecule has 108 valence electrons. The van der Waals surface area contributed by atoms with Crippen LogP contribution < -0.4 is 0 Å². The Morgan fingerprint density at radius 2 is 2.40 bits per heavy atom. The SMILES string of the molecule is CCC(C)N(CC(=O)O)Cc1noc(-c2ccsc2)n1. The zero-order valence-corrected chi connectivity index (χ0v) is 12.3. The number of carboxylic acid groups (broad SMARTS) is 1. The third-order valence-corrected chi connectivity index (χ3v) is 3.82. The fourth-order valence-corrected chi connectivity index (χ4v) is 2.43. The highest BCUT2D eigenvalue weighted by atomic mass is 32.1. The zero-order valence-electron chi connectivity index (χ0n) is 11.4. The van der Waals surface area contributed by atoms with Crippen LogP contribution in [-0.4, -0.2) is 38.7 Å². The molecule has 0 radical (unpaired) electrons. The summed E-state index contributed by atoms with van der Waals surface area (Å²) in [5, 5.41) is 16.7. The molecule has 0 fully saturated rings. The highest BCUT2D eigenvalue weighted by Crippen LogP contribution is 2.20. The van der Waals surface area contributed by atoms with Crippen molar-refractivity contribution in [2.24, 2.45) is 0 Å². The van der Waals surface area contributed by atoms with Crippen LogP contribution in [0, 0.1) is 0 Å². The summed E-state index contributed by atoms with van der Waals surface area (Å²) in [5.41, 5.74) is 0.891. The third kappa shape index (κ3) is 3.64. The fraction of sp³-hybridized carbons (Fsp3) is 0.462. The van der Waals surface area contributed by atoms with Crippen LogP contribution in [0.4, 0.5) is 0 Å². The van der Waals surface area contributed by atoms with Crippen molar-refractivity contribution in [3.8, 4) is 11.5 Å². The molecule has 1 N–H and O–H groups in total. The van der Waals surface area contributed by atoms with Crippen LogP contribution in [0.15, 0.2) is 21.3 Å². The summed E-state index contributed by atoms with van der Waals surface area (Å²) >= 11 is 1.56. The van der Waals surface area contributed by atoms with Crippen molar-refractivity contribution >= 4 is 17.3 Å². The number of aromatic nitrogens is 2. The van der Waals surface area contributed by atoms with E-state index in [0.717, 1.165) is 12.0 Å². The predicted octanol–water partition coefficient (Wildman–Crippen LogP) is 2.48. The Bertz CT molecular complexity index is 553. The quantitative estimate of drug-likeness (QED) is 0.845. The molecule has 1 unspecified atom stereocenters. The lowest BCUT2D eigenvalue weighted by molar-refractivity contribution is -0.139. The summed E-state index contributed by atoms with van der Waals surface area (Å²) in [4.78, 5) is 17.0. The van der Waals surface area contributed by atoms with Gasteiger partial charge < -0.3 is 9.63 Å². The van der Waals surface area contributed by atoms with Gasteiger partial charge in [0.25, 0.3) is 5.89 Å².